The fraction of sp³-hybridized carbons (Fsp3) is 0.176. The van der Waals surface area contributed by atoms with Crippen molar-refractivity contribution < 1.29 is 19.2 Å². The maximum atomic E-state index is 13.4. The summed E-state index contributed by atoms with van der Waals surface area (Å²) in [5.41, 5.74) is 17.9. The molecule has 1 unspecified atom stereocenters. The van der Waals surface area contributed by atoms with E-state index in [9.17, 15) is 19.2 Å². The minimum Gasteiger partial charge on any atom is -0.351 e. The van der Waals surface area contributed by atoms with Gasteiger partial charge in [-0.2, -0.15) is 0 Å². The van der Waals surface area contributed by atoms with Crippen LogP contribution in [0, 0.1) is 0 Å². The van der Waals surface area contributed by atoms with Crippen LogP contribution in [0.1, 0.15) is 59.5 Å². The quantitative estimate of drug-likeness (QED) is 0.0409. The molecule has 4 heterocycles. The second-order valence-corrected chi connectivity index (χ2v) is 22.0. The van der Waals surface area contributed by atoms with Gasteiger partial charge >= 0.3 is 0 Å². The minimum atomic E-state index is -0.340. The van der Waals surface area contributed by atoms with Gasteiger partial charge in [0.1, 0.15) is 17.5 Å². The third-order valence-electron chi connectivity index (χ3n) is 15.2. The molecular weight excluding hydrogens is 1060 g/mol. The number of hydrogen-bond donors (Lipinski definition) is 7. The number of aromatic amines is 3. The molecule has 12 rings (SSSR count). The minimum absolute atomic E-state index is 0.101. The molecule has 4 amide bonds. The number of amides is 4. The number of nitrogens with one attached hydrogen (secondary N) is 7. The molecule has 85 heavy (non-hydrogen) atoms. The molecule has 8 aromatic carbocycles. The van der Waals surface area contributed by atoms with Crippen LogP contribution in [0.3, 0.4) is 0 Å². The molecule has 0 aliphatic carbocycles. The molecule has 11 aromatic rings. The number of H-pyrrole nitrogens is 3. The lowest BCUT2D eigenvalue weighted by Crippen LogP contribution is -2.41. The molecule has 0 radical (unpaired) electrons. The molecule has 17 nitrogen and oxygen atoms in total. The number of hydrogen-bond acceptors (Lipinski definition) is 10. The lowest BCUT2D eigenvalue weighted by Gasteiger charge is -2.15. The van der Waals surface area contributed by atoms with Gasteiger partial charge in [-0.25, -0.2) is 15.0 Å². The summed E-state index contributed by atoms with van der Waals surface area (Å²) >= 11 is 0. The van der Waals surface area contributed by atoms with Gasteiger partial charge in [-0.15, -0.1) is 0 Å². The highest BCUT2D eigenvalue weighted by molar-refractivity contribution is 6.07. The fourth-order valence-electron chi connectivity index (χ4n) is 10.3. The van der Waals surface area contributed by atoms with Crippen LogP contribution in [-0.4, -0.2) is 136 Å². The Hall–Kier alpha value is -10.4. The third kappa shape index (κ3) is 12.4. The van der Waals surface area contributed by atoms with Crippen molar-refractivity contribution in [3.8, 4) is 56.4 Å². The molecule has 0 spiro atoms. The van der Waals surface area contributed by atoms with Crippen LogP contribution in [0.15, 0.2) is 175 Å². The number of imidazole rings is 3. The lowest BCUT2D eigenvalue weighted by atomic mass is 9.99. The van der Waals surface area contributed by atoms with E-state index in [1.807, 2.05) is 142 Å². The Balaban J connectivity index is 0.618. The number of likely N-dealkylation sites (N-methyl/N-ethyl adjacent to an activating group) is 2. The van der Waals surface area contributed by atoms with E-state index in [2.05, 4.69) is 84.8 Å². The van der Waals surface area contributed by atoms with Gasteiger partial charge in [-0.1, -0.05) is 78.9 Å². The van der Waals surface area contributed by atoms with Crippen molar-refractivity contribution in [1.29, 1.82) is 0 Å². The molecule has 1 atom stereocenters. The maximum absolute atomic E-state index is 13.4. The van der Waals surface area contributed by atoms with Crippen molar-refractivity contribution in [2.45, 2.75) is 19.4 Å². The van der Waals surface area contributed by atoms with E-state index in [1.54, 1.807) is 24.3 Å². The van der Waals surface area contributed by atoms with Gasteiger partial charge in [-0.05, 0) is 159 Å². The van der Waals surface area contributed by atoms with E-state index >= 15 is 0 Å². The Morgan fingerprint density at radius 1 is 0.435 bits per heavy atom. The standard InChI is InChI=1S/C68H63N13O4/c1-40(72-68(85)48-14-6-41(7-15-48)57-38-53-23-22-49(34-58(53)73-57)50-24-27-54-59(35-50)77-62(74-54)42-8-16-45(17-9-42)65(82)69-30-32-80(2)3)39-71-67(84)47-20-12-44(13-21-47)64-76-56-29-26-52(37-61(56)79-64)51-25-28-55-60(36-51)78-63(75-55)43-10-18-46(19-11-43)66(83)70-31-33-81(4)5/h6-29,34-37,40H,30-33,38-39H2,1-5H3,(H,69,82)(H,70,83)(H,71,84)(H,72,85)(H,74,77)(H,75,78)(H,76,79). The van der Waals surface area contributed by atoms with E-state index in [0.29, 0.717) is 47.6 Å². The number of rotatable bonds is 19. The Morgan fingerprint density at radius 3 is 1.20 bits per heavy atom. The van der Waals surface area contributed by atoms with Crippen molar-refractivity contribution in [2.24, 2.45) is 4.99 Å². The fourth-order valence-corrected chi connectivity index (χ4v) is 10.3. The molecule has 0 fully saturated rings. The molecule has 424 valence electrons. The summed E-state index contributed by atoms with van der Waals surface area (Å²) in [7, 11) is 7.89. The van der Waals surface area contributed by atoms with Gasteiger partial charge in [0.2, 0.25) is 0 Å². The summed E-state index contributed by atoms with van der Waals surface area (Å²) in [6, 6.07) is 54.1. The zero-order valence-electron chi connectivity index (χ0n) is 47.8. The molecule has 7 N–H and O–H groups in total. The number of nitrogens with zero attached hydrogens (tertiary/aromatic N) is 6. The highest BCUT2D eigenvalue weighted by atomic mass is 16.2. The topological polar surface area (TPSA) is 221 Å². The largest absolute Gasteiger partial charge is 0.351 e. The first-order valence-electron chi connectivity index (χ1n) is 28.3. The molecule has 0 bridgehead atoms. The molecule has 0 saturated carbocycles. The van der Waals surface area contributed by atoms with Crippen LogP contribution in [0.2, 0.25) is 0 Å². The Kier molecular flexibility index (Phi) is 15.5. The van der Waals surface area contributed by atoms with Crippen molar-refractivity contribution in [3.63, 3.8) is 0 Å². The molecular formula is C68H63N13O4. The smallest absolute Gasteiger partial charge is 0.251 e. The SMILES string of the molecule is CC(CNC(=O)c1ccc(-c2nc3cc(-c4ccc5[nH]c(-c6ccc(C(=O)NCCN(C)C)cc6)nc5c4)ccc3[nH]2)cc1)NC(=O)c1ccc(C2=Nc3cc(-c4ccc5[nH]c(-c6ccc(C(=O)NCCN(C)C)cc6)nc5c4)ccc3C2)cc1. The monoisotopic (exact) mass is 1130 g/mol. The normalized spacial score (nSPS) is 12.4. The van der Waals surface area contributed by atoms with Crippen LogP contribution < -0.4 is 21.3 Å². The number of aromatic nitrogens is 6. The first kappa shape index (κ1) is 55.2. The van der Waals surface area contributed by atoms with Crippen molar-refractivity contribution >= 4 is 68.1 Å². The Morgan fingerprint density at radius 2 is 0.788 bits per heavy atom. The number of benzene rings is 8. The van der Waals surface area contributed by atoms with Crippen molar-refractivity contribution in [2.75, 3.05) is 60.9 Å². The predicted octanol–water partition coefficient (Wildman–Crippen LogP) is 10.5. The van der Waals surface area contributed by atoms with E-state index in [0.717, 1.165) is 119 Å². The predicted molar refractivity (Wildman–Crippen MR) is 336 cm³/mol. The van der Waals surface area contributed by atoms with Crippen LogP contribution in [-0.2, 0) is 6.42 Å². The van der Waals surface area contributed by atoms with Crippen LogP contribution in [0.25, 0.3) is 89.5 Å². The van der Waals surface area contributed by atoms with Crippen molar-refractivity contribution in [1.82, 2.24) is 61.0 Å². The average molecular weight is 1130 g/mol. The summed E-state index contributed by atoms with van der Waals surface area (Å²) in [4.78, 5) is 85.9. The van der Waals surface area contributed by atoms with Gasteiger partial charge in [0.25, 0.3) is 23.6 Å². The number of fused-ring (bicyclic) bond motifs is 4. The van der Waals surface area contributed by atoms with Gasteiger partial charge in [-0.3, -0.25) is 24.2 Å². The summed E-state index contributed by atoms with van der Waals surface area (Å²) < 4.78 is 0. The molecule has 1 aliphatic heterocycles. The summed E-state index contributed by atoms with van der Waals surface area (Å²) in [6.45, 7) is 4.79. The Bertz CT molecular complexity index is 4350. The van der Waals surface area contributed by atoms with Gasteiger partial charge in [0, 0.05) is 84.1 Å². The van der Waals surface area contributed by atoms with Gasteiger partial charge in [0.15, 0.2) is 0 Å². The van der Waals surface area contributed by atoms with E-state index in [-0.39, 0.29) is 36.2 Å². The van der Waals surface area contributed by atoms with Crippen LogP contribution in [0.4, 0.5) is 5.69 Å². The number of carbonyl (C=O) groups excluding carboxylic acids is 4. The highest BCUT2D eigenvalue weighted by Crippen LogP contribution is 2.35. The highest BCUT2D eigenvalue weighted by Gasteiger charge is 2.20. The molecule has 0 saturated heterocycles. The van der Waals surface area contributed by atoms with E-state index in [1.165, 1.54) is 0 Å². The molecule has 3 aromatic heterocycles. The second kappa shape index (κ2) is 23.9. The Labute approximate surface area is 491 Å². The van der Waals surface area contributed by atoms with Gasteiger partial charge < -0.3 is 46.0 Å². The van der Waals surface area contributed by atoms with Crippen molar-refractivity contribution in [3.05, 3.63) is 203 Å². The summed E-state index contributed by atoms with van der Waals surface area (Å²) in [5, 5.41) is 11.9. The maximum Gasteiger partial charge on any atom is 0.251 e. The number of aliphatic imine (C=N–C) groups is 1. The molecule has 17 heteroatoms. The second-order valence-electron chi connectivity index (χ2n) is 22.0. The van der Waals surface area contributed by atoms with E-state index in [4.69, 9.17) is 19.9 Å². The van der Waals surface area contributed by atoms with Gasteiger partial charge in [0.05, 0.1) is 44.5 Å². The number of carbonyl (C=O) groups is 4. The van der Waals surface area contributed by atoms with Crippen LogP contribution >= 0.6 is 0 Å². The van der Waals surface area contributed by atoms with E-state index < -0.39 is 0 Å². The average Bonchev–Trinajstić information content (AvgIpc) is 4.45. The van der Waals surface area contributed by atoms with Crippen LogP contribution in [0.5, 0.6) is 0 Å². The zero-order valence-corrected chi connectivity index (χ0v) is 47.8. The summed E-state index contributed by atoms with van der Waals surface area (Å²) in [6.07, 6.45) is 0.676. The molecule has 1 aliphatic rings. The first-order chi connectivity index (χ1) is 41.2. The first-order valence-corrected chi connectivity index (χ1v) is 28.3. The zero-order chi connectivity index (χ0) is 58.7. The summed E-state index contributed by atoms with van der Waals surface area (Å²) in [5.74, 6) is 1.43. The third-order valence-corrected chi connectivity index (χ3v) is 15.2. The lowest BCUT2D eigenvalue weighted by molar-refractivity contribution is 0.0912.